The molecule has 3 heteroatoms. The molecule has 0 saturated heterocycles. The Hall–Kier alpha value is -1.61. The van der Waals surface area contributed by atoms with Gasteiger partial charge in [0, 0.05) is 17.7 Å². The molecule has 2 rings (SSSR count). The van der Waals surface area contributed by atoms with Crippen LogP contribution in [0.2, 0.25) is 0 Å². The van der Waals surface area contributed by atoms with E-state index < -0.39 is 0 Å². The monoisotopic (exact) mass is 258 g/mol. The third-order valence-electron chi connectivity index (χ3n) is 3.36. The molecule has 19 heavy (non-hydrogen) atoms. The van der Waals surface area contributed by atoms with Crippen LogP contribution in [-0.4, -0.2) is 11.7 Å². The fraction of sp³-hybridized carbons (Fsp3) is 0.438. The van der Waals surface area contributed by atoms with Crippen molar-refractivity contribution in [1.29, 1.82) is 0 Å². The summed E-state index contributed by atoms with van der Waals surface area (Å²) in [4.78, 5) is 0. The number of hydrogen-bond acceptors (Lipinski definition) is 3. The van der Waals surface area contributed by atoms with Gasteiger partial charge in [-0.25, -0.2) is 0 Å². The zero-order chi connectivity index (χ0) is 13.7. The number of benzene rings is 1. The molecule has 0 aliphatic rings. The number of aromatic nitrogens is 1. The maximum Gasteiger partial charge on any atom is 0.170 e. The molecule has 1 heterocycles. The first-order chi connectivity index (χ1) is 9.26. The van der Waals surface area contributed by atoms with Crippen molar-refractivity contribution in [3.8, 4) is 11.3 Å². The first-order valence-corrected chi connectivity index (χ1v) is 7.01. The molecule has 0 bridgehead atoms. The molecule has 102 valence electrons. The van der Waals surface area contributed by atoms with Crippen LogP contribution in [-0.2, 0) is 13.0 Å². The van der Waals surface area contributed by atoms with Crippen molar-refractivity contribution >= 4 is 0 Å². The second-order valence-electron chi connectivity index (χ2n) is 4.81. The maximum absolute atomic E-state index is 5.50. The molecule has 0 unspecified atom stereocenters. The second-order valence-corrected chi connectivity index (χ2v) is 4.81. The summed E-state index contributed by atoms with van der Waals surface area (Å²) in [5.41, 5.74) is 4.57. The first-order valence-electron chi connectivity index (χ1n) is 7.01. The fourth-order valence-corrected chi connectivity index (χ4v) is 2.08. The summed E-state index contributed by atoms with van der Waals surface area (Å²) >= 11 is 0. The van der Waals surface area contributed by atoms with Crippen molar-refractivity contribution in [1.82, 2.24) is 10.5 Å². The smallest absolute Gasteiger partial charge is 0.170 e. The van der Waals surface area contributed by atoms with Crippen LogP contribution in [0.3, 0.4) is 0 Å². The molecule has 3 nitrogen and oxygen atoms in total. The molecular weight excluding hydrogens is 236 g/mol. The standard InChI is InChI=1S/C16H22N2O/c1-4-10-17-11-15-12(3)16(19-18-15)14-8-6-13(5-2)7-9-14/h6-9,17H,4-5,10-11H2,1-3H3. The van der Waals surface area contributed by atoms with Gasteiger partial charge in [0.15, 0.2) is 5.76 Å². The molecule has 0 aliphatic carbocycles. The van der Waals surface area contributed by atoms with Crippen LogP contribution < -0.4 is 5.32 Å². The van der Waals surface area contributed by atoms with Crippen molar-refractivity contribution < 1.29 is 4.52 Å². The van der Waals surface area contributed by atoms with Gasteiger partial charge in [-0.05, 0) is 31.9 Å². The van der Waals surface area contributed by atoms with Crippen molar-refractivity contribution in [2.45, 2.75) is 40.2 Å². The number of aryl methyl sites for hydroxylation is 1. The van der Waals surface area contributed by atoms with E-state index in [0.29, 0.717) is 0 Å². The Morgan fingerprint density at radius 3 is 2.53 bits per heavy atom. The quantitative estimate of drug-likeness (QED) is 0.803. The molecule has 0 fully saturated rings. The molecule has 0 spiro atoms. The van der Waals surface area contributed by atoms with E-state index in [4.69, 9.17) is 4.52 Å². The van der Waals surface area contributed by atoms with Crippen LogP contribution in [0.4, 0.5) is 0 Å². The Balaban J connectivity index is 2.15. The second kappa shape index (κ2) is 6.53. The molecule has 0 aliphatic heterocycles. The molecule has 2 aromatic rings. The predicted octanol–water partition coefficient (Wildman–Crippen LogP) is 3.71. The van der Waals surface area contributed by atoms with E-state index in [2.05, 4.69) is 55.5 Å². The highest BCUT2D eigenvalue weighted by Gasteiger charge is 2.13. The van der Waals surface area contributed by atoms with Gasteiger partial charge in [-0.15, -0.1) is 0 Å². The van der Waals surface area contributed by atoms with E-state index in [9.17, 15) is 0 Å². The molecular formula is C16H22N2O. The zero-order valence-corrected chi connectivity index (χ0v) is 12.0. The molecule has 0 radical (unpaired) electrons. The van der Waals surface area contributed by atoms with Gasteiger partial charge < -0.3 is 9.84 Å². The Bertz CT molecular complexity index is 514. The van der Waals surface area contributed by atoms with Crippen molar-refractivity contribution in [3.05, 3.63) is 41.1 Å². The third kappa shape index (κ3) is 3.24. The Kier molecular flexibility index (Phi) is 4.74. The highest BCUT2D eigenvalue weighted by molar-refractivity contribution is 5.61. The third-order valence-corrected chi connectivity index (χ3v) is 3.36. The lowest BCUT2D eigenvalue weighted by atomic mass is 10.0. The Morgan fingerprint density at radius 1 is 1.16 bits per heavy atom. The van der Waals surface area contributed by atoms with Crippen molar-refractivity contribution in [3.63, 3.8) is 0 Å². The lowest BCUT2D eigenvalue weighted by molar-refractivity contribution is 0.420. The minimum atomic E-state index is 0.774. The van der Waals surface area contributed by atoms with Gasteiger partial charge in [0.05, 0.1) is 0 Å². The van der Waals surface area contributed by atoms with Gasteiger partial charge in [-0.1, -0.05) is 43.3 Å². The van der Waals surface area contributed by atoms with Gasteiger partial charge in [0.25, 0.3) is 0 Å². The van der Waals surface area contributed by atoms with E-state index in [1.54, 1.807) is 0 Å². The van der Waals surface area contributed by atoms with E-state index in [-0.39, 0.29) is 0 Å². The number of nitrogens with zero attached hydrogens (tertiary/aromatic N) is 1. The number of rotatable bonds is 6. The highest BCUT2D eigenvalue weighted by atomic mass is 16.5. The summed E-state index contributed by atoms with van der Waals surface area (Å²) in [6, 6.07) is 8.50. The van der Waals surface area contributed by atoms with Crippen LogP contribution in [0.5, 0.6) is 0 Å². The predicted molar refractivity (Wildman–Crippen MR) is 78.1 cm³/mol. The molecule has 1 aromatic carbocycles. The van der Waals surface area contributed by atoms with Crippen LogP contribution in [0.25, 0.3) is 11.3 Å². The van der Waals surface area contributed by atoms with Gasteiger partial charge in [-0.3, -0.25) is 0 Å². The van der Waals surface area contributed by atoms with Gasteiger partial charge in [-0.2, -0.15) is 0 Å². The molecule has 1 N–H and O–H groups in total. The largest absolute Gasteiger partial charge is 0.356 e. The van der Waals surface area contributed by atoms with E-state index in [1.807, 2.05) is 0 Å². The van der Waals surface area contributed by atoms with Crippen LogP contribution >= 0.6 is 0 Å². The van der Waals surface area contributed by atoms with Gasteiger partial charge in [0.2, 0.25) is 0 Å². The Labute approximate surface area is 115 Å². The van der Waals surface area contributed by atoms with Gasteiger partial charge in [0.1, 0.15) is 5.69 Å². The number of nitrogens with one attached hydrogen (secondary N) is 1. The summed E-state index contributed by atoms with van der Waals surface area (Å²) in [7, 11) is 0. The van der Waals surface area contributed by atoms with Crippen molar-refractivity contribution in [2.24, 2.45) is 0 Å². The SMILES string of the molecule is CCCNCc1noc(-c2ccc(CC)cc2)c1C. The molecule has 1 aromatic heterocycles. The van der Waals surface area contributed by atoms with E-state index in [1.165, 1.54) is 5.56 Å². The first kappa shape index (κ1) is 13.8. The van der Waals surface area contributed by atoms with Crippen LogP contribution in [0.1, 0.15) is 37.1 Å². The Morgan fingerprint density at radius 2 is 1.89 bits per heavy atom. The molecule has 0 atom stereocenters. The molecule has 0 saturated carbocycles. The minimum absolute atomic E-state index is 0.774. The van der Waals surface area contributed by atoms with Crippen LogP contribution in [0, 0.1) is 6.92 Å². The van der Waals surface area contributed by atoms with E-state index >= 15 is 0 Å². The average Bonchev–Trinajstić information content (AvgIpc) is 2.81. The van der Waals surface area contributed by atoms with Gasteiger partial charge >= 0.3 is 0 Å². The van der Waals surface area contributed by atoms with Crippen molar-refractivity contribution in [2.75, 3.05) is 6.54 Å². The zero-order valence-electron chi connectivity index (χ0n) is 12.0. The number of hydrogen-bond donors (Lipinski definition) is 1. The minimum Gasteiger partial charge on any atom is -0.356 e. The fourth-order valence-electron chi connectivity index (χ4n) is 2.08. The van der Waals surface area contributed by atoms with E-state index in [0.717, 1.165) is 48.5 Å². The maximum atomic E-state index is 5.50. The van der Waals surface area contributed by atoms with Crippen LogP contribution in [0.15, 0.2) is 28.8 Å². The summed E-state index contributed by atoms with van der Waals surface area (Å²) in [6.45, 7) is 8.17. The topological polar surface area (TPSA) is 38.1 Å². The summed E-state index contributed by atoms with van der Waals surface area (Å²) in [6.07, 6.45) is 2.18. The summed E-state index contributed by atoms with van der Waals surface area (Å²) in [5, 5.41) is 7.52. The summed E-state index contributed by atoms with van der Waals surface area (Å²) < 4.78 is 5.50. The lowest BCUT2D eigenvalue weighted by Gasteiger charge is -2.01. The average molecular weight is 258 g/mol. The normalized spacial score (nSPS) is 10.9. The highest BCUT2D eigenvalue weighted by Crippen LogP contribution is 2.26. The summed E-state index contributed by atoms with van der Waals surface area (Å²) in [5.74, 6) is 0.885. The lowest BCUT2D eigenvalue weighted by Crippen LogP contribution is -2.14. The molecule has 0 amide bonds.